The topological polar surface area (TPSA) is 59.1 Å². The zero-order valence-electron chi connectivity index (χ0n) is 8.87. The SMILES string of the molecule is CC(=O)CC(=O)NCCc1csc(C)n1. The van der Waals surface area contributed by atoms with Crippen molar-refractivity contribution >= 4 is 23.0 Å². The average molecular weight is 226 g/mol. The van der Waals surface area contributed by atoms with Crippen LogP contribution in [0.15, 0.2) is 5.38 Å². The third-order valence-corrected chi connectivity index (χ3v) is 2.60. The Hall–Kier alpha value is -1.23. The Labute approximate surface area is 92.7 Å². The Balaban J connectivity index is 2.22. The minimum atomic E-state index is -0.213. The maximum Gasteiger partial charge on any atom is 0.227 e. The summed E-state index contributed by atoms with van der Waals surface area (Å²) in [6.07, 6.45) is 0.685. The standard InChI is InChI=1S/C10H14N2O2S/c1-7(13)5-10(14)11-4-3-9-6-15-8(2)12-9/h6H,3-5H2,1-2H3,(H,11,14). The van der Waals surface area contributed by atoms with Crippen LogP contribution in [0.2, 0.25) is 0 Å². The molecule has 0 aliphatic heterocycles. The average Bonchev–Trinajstić information content (AvgIpc) is 2.50. The summed E-state index contributed by atoms with van der Waals surface area (Å²) in [6.45, 7) is 3.89. The van der Waals surface area contributed by atoms with E-state index in [1.807, 2.05) is 12.3 Å². The van der Waals surface area contributed by atoms with Gasteiger partial charge >= 0.3 is 0 Å². The van der Waals surface area contributed by atoms with Crippen molar-refractivity contribution in [3.05, 3.63) is 16.1 Å². The van der Waals surface area contributed by atoms with Crippen LogP contribution in [0.3, 0.4) is 0 Å². The Kier molecular flexibility index (Phi) is 4.42. The van der Waals surface area contributed by atoms with Gasteiger partial charge in [0.2, 0.25) is 5.91 Å². The molecular weight excluding hydrogens is 212 g/mol. The second kappa shape index (κ2) is 5.60. The molecule has 0 aliphatic rings. The van der Waals surface area contributed by atoms with E-state index in [2.05, 4.69) is 10.3 Å². The van der Waals surface area contributed by atoms with E-state index in [9.17, 15) is 9.59 Å². The number of hydrogen-bond acceptors (Lipinski definition) is 4. The predicted molar refractivity (Wildman–Crippen MR) is 58.9 cm³/mol. The Morgan fingerprint density at radius 2 is 2.27 bits per heavy atom. The Morgan fingerprint density at radius 3 is 2.80 bits per heavy atom. The smallest absolute Gasteiger partial charge is 0.227 e. The maximum atomic E-state index is 11.1. The summed E-state index contributed by atoms with van der Waals surface area (Å²) in [7, 11) is 0. The van der Waals surface area contributed by atoms with Gasteiger partial charge in [0.25, 0.3) is 0 Å². The summed E-state index contributed by atoms with van der Waals surface area (Å²) >= 11 is 1.60. The van der Waals surface area contributed by atoms with Gasteiger partial charge in [-0.15, -0.1) is 11.3 Å². The fraction of sp³-hybridized carbons (Fsp3) is 0.500. The van der Waals surface area contributed by atoms with Crippen LogP contribution in [0.4, 0.5) is 0 Å². The van der Waals surface area contributed by atoms with E-state index in [-0.39, 0.29) is 18.1 Å². The molecule has 0 radical (unpaired) electrons. The van der Waals surface area contributed by atoms with E-state index < -0.39 is 0 Å². The summed E-state index contributed by atoms with van der Waals surface area (Å²) in [5, 5.41) is 5.68. The number of rotatable bonds is 5. The molecule has 0 saturated carbocycles. The molecule has 1 N–H and O–H groups in total. The number of aryl methyl sites for hydroxylation is 1. The van der Waals surface area contributed by atoms with E-state index in [1.54, 1.807) is 11.3 Å². The molecule has 1 amide bonds. The molecule has 0 aliphatic carbocycles. The lowest BCUT2D eigenvalue weighted by Gasteiger charge is -2.01. The quantitative estimate of drug-likeness (QED) is 0.764. The zero-order valence-corrected chi connectivity index (χ0v) is 9.69. The fourth-order valence-corrected chi connectivity index (χ4v) is 1.79. The number of Topliss-reactive ketones (excluding diaryl/α,β-unsaturated/α-hetero) is 1. The number of ketones is 1. The van der Waals surface area contributed by atoms with Gasteiger partial charge in [0, 0.05) is 18.3 Å². The van der Waals surface area contributed by atoms with Crippen LogP contribution in [0.1, 0.15) is 24.0 Å². The minimum absolute atomic E-state index is 0.0317. The van der Waals surface area contributed by atoms with Crippen LogP contribution in [0.25, 0.3) is 0 Å². The molecule has 15 heavy (non-hydrogen) atoms. The van der Waals surface area contributed by atoms with Gasteiger partial charge in [-0.05, 0) is 13.8 Å². The lowest BCUT2D eigenvalue weighted by atomic mass is 10.3. The molecule has 1 aromatic rings. The van der Waals surface area contributed by atoms with Crippen molar-refractivity contribution in [3.63, 3.8) is 0 Å². The number of hydrogen-bond donors (Lipinski definition) is 1. The molecule has 0 atom stereocenters. The highest BCUT2D eigenvalue weighted by Gasteiger charge is 2.04. The highest BCUT2D eigenvalue weighted by Crippen LogP contribution is 2.07. The lowest BCUT2D eigenvalue weighted by molar-refractivity contribution is -0.127. The second-order valence-corrected chi connectivity index (χ2v) is 4.40. The van der Waals surface area contributed by atoms with E-state index >= 15 is 0 Å². The van der Waals surface area contributed by atoms with Crippen molar-refractivity contribution in [1.29, 1.82) is 0 Å². The first-order valence-electron chi connectivity index (χ1n) is 4.75. The third-order valence-electron chi connectivity index (χ3n) is 1.78. The van der Waals surface area contributed by atoms with Crippen LogP contribution in [-0.2, 0) is 16.0 Å². The largest absolute Gasteiger partial charge is 0.355 e. The van der Waals surface area contributed by atoms with Crippen LogP contribution in [0, 0.1) is 6.92 Å². The number of thiazole rings is 1. The van der Waals surface area contributed by atoms with Gasteiger partial charge in [-0.1, -0.05) is 0 Å². The molecule has 1 aromatic heterocycles. The van der Waals surface area contributed by atoms with Gasteiger partial charge in [-0.25, -0.2) is 4.98 Å². The normalized spacial score (nSPS) is 10.0. The zero-order chi connectivity index (χ0) is 11.3. The molecule has 4 nitrogen and oxygen atoms in total. The summed E-state index contributed by atoms with van der Waals surface area (Å²) in [6, 6.07) is 0. The molecule has 0 fully saturated rings. The Morgan fingerprint density at radius 1 is 1.53 bits per heavy atom. The fourth-order valence-electron chi connectivity index (χ4n) is 1.14. The van der Waals surface area contributed by atoms with Gasteiger partial charge < -0.3 is 5.32 Å². The van der Waals surface area contributed by atoms with Gasteiger partial charge in [-0.3, -0.25) is 9.59 Å². The molecule has 1 rings (SSSR count). The van der Waals surface area contributed by atoms with E-state index in [0.29, 0.717) is 13.0 Å². The van der Waals surface area contributed by atoms with Crippen LogP contribution < -0.4 is 5.32 Å². The van der Waals surface area contributed by atoms with Crippen LogP contribution in [-0.4, -0.2) is 23.2 Å². The molecule has 1 heterocycles. The molecule has 0 unspecified atom stereocenters. The van der Waals surface area contributed by atoms with E-state index in [4.69, 9.17) is 0 Å². The van der Waals surface area contributed by atoms with E-state index in [1.165, 1.54) is 6.92 Å². The van der Waals surface area contributed by atoms with Gasteiger partial charge in [0.1, 0.15) is 5.78 Å². The highest BCUT2D eigenvalue weighted by atomic mass is 32.1. The molecule has 5 heteroatoms. The minimum Gasteiger partial charge on any atom is -0.355 e. The van der Waals surface area contributed by atoms with Crippen molar-refractivity contribution in [2.45, 2.75) is 26.7 Å². The summed E-state index contributed by atoms with van der Waals surface area (Å²) in [4.78, 5) is 26.0. The molecular formula is C10H14N2O2S. The van der Waals surface area contributed by atoms with Crippen molar-refractivity contribution in [2.75, 3.05) is 6.54 Å². The first-order chi connectivity index (χ1) is 7.08. The lowest BCUT2D eigenvalue weighted by Crippen LogP contribution is -2.27. The van der Waals surface area contributed by atoms with Crippen LogP contribution >= 0.6 is 11.3 Å². The van der Waals surface area contributed by atoms with Crippen molar-refractivity contribution in [3.8, 4) is 0 Å². The van der Waals surface area contributed by atoms with Gasteiger partial charge in [0.15, 0.2) is 0 Å². The van der Waals surface area contributed by atoms with Crippen molar-refractivity contribution in [1.82, 2.24) is 10.3 Å². The first-order valence-corrected chi connectivity index (χ1v) is 5.63. The molecule has 0 saturated heterocycles. The summed E-state index contributed by atoms with van der Waals surface area (Å²) in [5.74, 6) is -0.327. The number of nitrogens with one attached hydrogen (secondary N) is 1. The molecule has 0 spiro atoms. The molecule has 0 bridgehead atoms. The maximum absolute atomic E-state index is 11.1. The predicted octanol–water partition coefficient (Wildman–Crippen LogP) is 1.09. The number of nitrogens with zero attached hydrogens (tertiary/aromatic N) is 1. The van der Waals surface area contributed by atoms with E-state index in [0.717, 1.165) is 10.7 Å². The molecule has 0 aromatic carbocycles. The second-order valence-electron chi connectivity index (χ2n) is 3.34. The summed E-state index contributed by atoms with van der Waals surface area (Å²) in [5.41, 5.74) is 0.987. The van der Waals surface area contributed by atoms with Crippen molar-refractivity contribution in [2.24, 2.45) is 0 Å². The first kappa shape index (κ1) is 11.8. The van der Waals surface area contributed by atoms with Crippen LogP contribution in [0.5, 0.6) is 0 Å². The van der Waals surface area contributed by atoms with Gasteiger partial charge in [-0.2, -0.15) is 0 Å². The number of carbonyl (C=O) groups excluding carboxylic acids is 2. The number of amides is 1. The summed E-state index contributed by atoms with van der Waals surface area (Å²) < 4.78 is 0. The molecule has 82 valence electrons. The number of carbonyl (C=O) groups is 2. The van der Waals surface area contributed by atoms with Gasteiger partial charge in [0.05, 0.1) is 17.1 Å². The Bertz CT molecular complexity index is 360. The number of aromatic nitrogens is 1. The third kappa shape index (κ3) is 4.69. The van der Waals surface area contributed by atoms with Crippen molar-refractivity contribution < 1.29 is 9.59 Å². The monoisotopic (exact) mass is 226 g/mol. The highest BCUT2D eigenvalue weighted by molar-refractivity contribution is 7.09.